The summed E-state index contributed by atoms with van der Waals surface area (Å²) < 4.78 is 20.7. The summed E-state index contributed by atoms with van der Waals surface area (Å²) in [5.41, 5.74) is 1.88. The van der Waals surface area contributed by atoms with Gasteiger partial charge in [0.2, 0.25) is 5.88 Å². The van der Waals surface area contributed by atoms with Crippen LogP contribution in [0.25, 0.3) is 0 Å². The minimum absolute atomic E-state index is 0.0354. The third kappa shape index (κ3) is 3.74. The van der Waals surface area contributed by atoms with E-state index in [2.05, 4.69) is 24.3 Å². The second kappa shape index (κ2) is 6.45. The lowest BCUT2D eigenvalue weighted by atomic mass is 10.2. The summed E-state index contributed by atoms with van der Waals surface area (Å²) in [4.78, 5) is 0. The van der Waals surface area contributed by atoms with Crippen LogP contribution >= 0.6 is 11.6 Å². The van der Waals surface area contributed by atoms with Crippen molar-refractivity contribution < 1.29 is 9.13 Å². The van der Waals surface area contributed by atoms with Crippen LogP contribution in [-0.2, 0) is 13.6 Å². The average molecular weight is 312 g/mol. The molecule has 0 saturated heterocycles. The number of aryl methyl sites for hydroxylation is 2. The van der Waals surface area contributed by atoms with Gasteiger partial charge < -0.3 is 10.1 Å². The Labute approximate surface area is 128 Å². The third-order valence-corrected chi connectivity index (χ3v) is 3.37. The first kappa shape index (κ1) is 15.8. The Morgan fingerprint density at radius 3 is 2.76 bits per heavy atom. The highest BCUT2D eigenvalue weighted by atomic mass is 35.5. The van der Waals surface area contributed by atoms with E-state index in [0.29, 0.717) is 24.2 Å². The molecule has 0 radical (unpaired) electrons. The Morgan fingerprint density at radius 2 is 2.14 bits per heavy atom. The second-order valence-corrected chi connectivity index (χ2v) is 5.61. The van der Waals surface area contributed by atoms with Gasteiger partial charge in [-0.15, -0.1) is 0 Å². The van der Waals surface area contributed by atoms with Crippen LogP contribution in [0.3, 0.4) is 0 Å². The molecule has 6 heteroatoms. The molecule has 1 N–H and O–H groups in total. The van der Waals surface area contributed by atoms with E-state index in [1.807, 2.05) is 14.0 Å². The van der Waals surface area contributed by atoms with Gasteiger partial charge in [-0.05, 0) is 19.1 Å². The molecule has 114 valence electrons. The van der Waals surface area contributed by atoms with Crippen LogP contribution in [0.4, 0.5) is 4.39 Å². The Morgan fingerprint density at radius 1 is 1.43 bits per heavy atom. The van der Waals surface area contributed by atoms with Crippen molar-refractivity contribution in [1.82, 2.24) is 15.1 Å². The van der Waals surface area contributed by atoms with Crippen LogP contribution in [0.15, 0.2) is 18.2 Å². The summed E-state index contributed by atoms with van der Waals surface area (Å²) in [5.74, 6) is 0.644. The molecular formula is C15H19ClFN3O. The summed E-state index contributed by atoms with van der Waals surface area (Å²) in [6.45, 7) is 6.74. The summed E-state index contributed by atoms with van der Waals surface area (Å²) in [6, 6.07) is 4.65. The van der Waals surface area contributed by atoms with E-state index in [4.69, 9.17) is 16.3 Å². The molecule has 0 spiro atoms. The Hall–Kier alpha value is -1.59. The lowest BCUT2D eigenvalue weighted by Crippen LogP contribution is -2.22. The molecule has 1 heterocycles. The molecule has 4 nitrogen and oxygen atoms in total. The smallest absolute Gasteiger partial charge is 0.222 e. The molecule has 0 aliphatic heterocycles. The number of aromatic nitrogens is 2. The zero-order valence-corrected chi connectivity index (χ0v) is 13.3. The molecular weight excluding hydrogens is 293 g/mol. The van der Waals surface area contributed by atoms with Crippen molar-refractivity contribution in [1.29, 1.82) is 0 Å². The summed E-state index contributed by atoms with van der Waals surface area (Å²) in [5, 5.41) is 7.75. The number of rotatable bonds is 5. The van der Waals surface area contributed by atoms with Gasteiger partial charge in [0.15, 0.2) is 0 Å². The van der Waals surface area contributed by atoms with Crippen LogP contribution in [-0.4, -0.2) is 15.8 Å². The van der Waals surface area contributed by atoms with Crippen molar-refractivity contribution in [2.45, 2.75) is 33.4 Å². The van der Waals surface area contributed by atoms with Crippen LogP contribution in [0.5, 0.6) is 11.6 Å². The van der Waals surface area contributed by atoms with Crippen molar-refractivity contribution in [3.05, 3.63) is 40.3 Å². The number of hydrogen-bond acceptors (Lipinski definition) is 3. The molecule has 1 aromatic carbocycles. The van der Waals surface area contributed by atoms with Gasteiger partial charge in [-0.1, -0.05) is 25.4 Å². The molecule has 2 rings (SSSR count). The lowest BCUT2D eigenvalue weighted by Gasteiger charge is -2.11. The Bertz CT molecular complexity index is 640. The number of benzene rings is 1. The summed E-state index contributed by atoms with van der Waals surface area (Å²) >= 11 is 5.78. The molecule has 2 aromatic rings. The normalized spacial score (nSPS) is 11.2. The maximum atomic E-state index is 13.2. The maximum absolute atomic E-state index is 13.2. The van der Waals surface area contributed by atoms with Crippen molar-refractivity contribution in [2.75, 3.05) is 0 Å². The van der Waals surface area contributed by atoms with Crippen LogP contribution in [0, 0.1) is 12.7 Å². The predicted molar refractivity (Wildman–Crippen MR) is 81.4 cm³/mol. The first-order valence-corrected chi connectivity index (χ1v) is 7.15. The zero-order valence-electron chi connectivity index (χ0n) is 12.6. The molecule has 0 bridgehead atoms. The van der Waals surface area contributed by atoms with Crippen molar-refractivity contribution in [3.8, 4) is 11.6 Å². The summed E-state index contributed by atoms with van der Waals surface area (Å²) in [7, 11) is 1.81. The fourth-order valence-corrected chi connectivity index (χ4v) is 2.14. The zero-order chi connectivity index (χ0) is 15.6. The highest BCUT2D eigenvalue weighted by Crippen LogP contribution is 2.29. The first-order valence-electron chi connectivity index (χ1n) is 6.77. The van der Waals surface area contributed by atoms with Gasteiger partial charge in [0.1, 0.15) is 11.6 Å². The highest BCUT2D eigenvalue weighted by molar-refractivity contribution is 6.30. The SMILES string of the molecule is Cc1nn(C)c(Oc2ccc(F)c(Cl)c2)c1CNC(C)C. The van der Waals surface area contributed by atoms with Crippen molar-refractivity contribution in [2.24, 2.45) is 7.05 Å². The molecule has 1 aromatic heterocycles. The monoisotopic (exact) mass is 311 g/mol. The molecule has 0 fully saturated rings. The van der Waals surface area contributed by atoms with E-state index >= 15 is 0 Å². The standard InChI is InChI=1S/C15H19ClFN3O/c1-9(2)18-8-12-10(3)19-20(4)15(12)21-11-5-6-14(17)13(16)7-11/h5-7,9,18H,8H2,1-4H3. The van der Waals surface area contributed by atoms with Crippen molar-refractivity contribution >= 4 is 11.6 Å². The number of ether oxygens (including phenoxy) is 1. The average Bonchev–Trinajstić information content (AvgIpc) is 2.66. The van der Waals surface area contributed by atoms with E-state index in [1.165, 1.54) is 12.1 Å². The molecule has 0 unspecified atom stereocenters. The minimum atomic E-state index is -0.466. The quantitative estimate of drug-likeness (QED) is 0.912. The molecule has 0 atom stereocenters. The van der Waals surface area contributed by atoms with E-state index in [9.17, 15) is 4.39 Å². The van der Waals surface area contributed by atoms with E-state index in [1.54, 1.807) is 10.7 Å². The lowest BCUT2D eigenvalue weighted by molar-refractivity contribution is 0.421. The van der Waals surface area contributed by atoms with Gasteiger partial charge in [-0.2, -0.15) is 5.10 Å². The van der Waals surface area contributed by atoms with Gasteiger partial charge in [0.25, 0.3) is 0 Å². The largest absolute Gasteiger partial charge is 0.439 e. The van der Waals surface area contributed by atoms with E-state index < -0.39 is 5.82 Å². The topological polar surface area (TPSA) is 39.1 Å². The number of halogens is 2. The van der Waals surface area contributed by atoms with Crippen LogP contribution < -0.4 is 10.1 Å². The van der Waals surface area contributed by atoms with Gasteiger partial charge in [0, 0.05) is 25.7 Å². The molecule has 0 amide bonds. The minimum Gasteiger partial charge on any atom is -0.439 e. The Kier molecular flexibility index (Phi) is 4.85. The Balaban J connectivity index is 2.28. The second-order valence-electron chi connectivity index (χ2n) is 5.21. The van der Waals surface area contributed by atoms with Crippen molar-refractivity contribution in [3.63, 3.8) is 0 Å². The van der Waals surface area contributed by atoms with Gasteiger partial charge in [-0.25, -0.2) is 9.07 Å². The molecule has 0 aliphatic carbocycles. The fourth-order valence-electron chi connectivity index (χ4n) is 1.97. The highest BCUT2D eigenvalue weighted by Gasteiger charge is 2.16. The number of nitrogens with one attached hydrogen (secondary N) is 1. The fraction of sp³-hybridized carbons (Fsp3) is 0.400. The first-order chi connectivity index (χ1) is 9.88. The molecule has 0 aliphatic rings. The van der Waals surface area contributed by atoms with Gasteiger partial charge in [0.05, 0.1) is 16.3 Å². The van der Waals surface area contributed by atoms with E-state index in [-0.39, 0.29) is 5.02 Å². The van der Waals surface area contributed by atoms with Crippen LogP contribution in [0.1, 0.15) is 25.1 Å². The van der Waals surface area contributed by atoms with Gasteiger partial charge in [-0.3, -0.25) is 0 Å². The molecule has 21 heavy (non-hydrogen) atoms. The number of hydrogen-bond donors (Lipinski definition) is 1. The summed E-state index contributed by atoms with van der Waals surface area (Å²) in [6.07, 6.45) is 0. The predicted octanol–water partition coefficient (Wildman–Crippen LogP) is 3.81. The third-order valence-electron chi connectivity index (χ3n) is 3.08. The number of nitrogens with zero attached hydrogens (tertiary/aromatic N) is 2. The van der Waals surface area contributed by atoms with Crippen LogP contribution in [0.2, 0.25) is 5.02 Å². The maximum Gasteiger partial charge on any atom is 0.222 e. The van der Waals surface area contributed by atoms with Gasteiger partial charge >= 0.3 is 0 Å². The molecule has 0 saturated carbocycles. The van der Waals surface area contributed by atoms with E-state index in [0.717, 1.165) is 11.3 Å².